The van der Waals surface area contributed by atoms with E-state index in [0.717, 1.165) is 11.5 Å². The predicted octanol–water partition coefficient (Wildman–Crippen LogP) is -0.656. The Morgan fingerprint density at radius 3 is 2.75 bits per heavy atom. The highest BCUT2D eigenvalue weighted by molar-refractivity contribution is 7.71. The molecule has 0 radical (unpaired) electrons. The summed E-state index contributed by atoms with van der Waals surface area (Å²) in [4.78, 5) is 13.0. The van der Waals surface area contributed by atoms with Crippen LogP contribution in [0.4, 0.5) is 8.78 Å². The molecule has 4 atom stereocenters. The maximum atomic E-state index is 14.1. The van der Waals surface area contributed by atoms with Crippen molar-refractivity contribution >= 4 is 12.2 Å². The Balaban J connectivity index is 2.57. The zero-order chi connectivity index (χ0) is 15.3. The molecule has 2 heterocycles. The van der Waals surface area contributed by atoms with Crippen molar-refractivity contribution in [1.82, 2.24) is 9.55 Å². The van der Waals surface area contributed by atoms with Crippen LogP contribution in [0.15, 0.2) is 11.0 Å². The Morgan fingerprint density at radius 2 is 2.25 bits per heavy atom. The van der Waals surface area contributed by atoms with Crippen LogP contribution in [0.2, 0.25) is 0 Å². The quantitative estimate of drug-likeness (QED) is 0.540. The summed E-state index contributed by atoms with van der Waals surface area (Å²) in [6, 6.07) is 0. The highest BCUT2D eigenvalue weighted by Crippen LogP contribution is 2.44. The summed E-state index contributed by atoms with van der Waals surface area (Å²) in [6.45, 7) is -0.190. The van der Waals surface area contributed by atoms with Gasteiger partial charge in [0.05, 0.1) is 6.20 Å². The van der Waals surface area contributed by atoms with Gasteiger partial charge in [0.1, 0.15) is 18.3 Å². The molecule has 0 aromatic carbocycles. The second-order valence-corrected chi connectivity index (χ2v) is 5.07. The summed E-state index contributed by atoms with van der Waals surface area (Å²) >= 11 is 4.77. The molecule has 1 fully saturated rings. The smallest absolute Gasteiger partial charge is 0.287 e. The van der Waals surface area contributed by atoms with E-state index in [1.165, 1.54) is 0 Å². The van der Waals surface area contributed by atoms with Crippen LogP contribution in [-0.4, -0.2) is 49.0 Å². The van der Waals surface area contributed by atoms with Crippen LogP contribution >= 0.6 is 12.2 Å². The summed E-state index contributed by atoms with van der Waals surface area (Å²) in [5, 5.41) is 28.7. The fourth-order valence-electron chi connectivity index (χ4n) is 2.04. The number of nitrogens with zero attached hydrogens (tertiary/aromatic N) is 1. The molecule has 2 rings (SSSR count). The van der Waals surface area contributed by atoms with Crippen LogP contribution in [-0.2, 0) is 4.74 Å². The number of aromatic nitrogens is 2. The first-order valence-electron chi connectivity index (χ1n) is 5.52. The van der Waals surface area contributed by atoms with Crippen molar-refractivity contribution in [2.24, 2.45) is 0 Å². The van der Waals surface area contributed by atoms with Crippen molar-refractivity contribution in [3.05, 3.63) is 27.1 Å². The average Bonchev–Trinajstić information content (AvgIpc) is 2.56. The average molecular weight is 310 g/mol. The summed E-state index contributed by atoms with van der Waals surface area (Å²) in [6.07, 6.45) is -3.11. The van der Waals surface area contributed by atoms with Gasteiger partial charge in [-0.05, 0) is 19.1 Å². The molecule has 1 aliphatic rings. The van der Waals surface area contributed by atoms with Crippen LogP contribution in [0.1, 0.15) is 13.2 Å². The van der Waals surface area contributed by atoms with Crippen molar-refractivity contribution in [2.75, 3.05) is 6.61 Å². The van der Waals surface area contributed by atoms with Crippen molar-refractivity contribution in [1.29, 1.82) is 0 Å². The van der Waals surface area contributed by atoms with Gasteiger partial charge in [-0.2, -0.15) is 4.39 Å². The van der Waals surface area contributed by atoms with Gasteiger partial charge in [0, 0.05) is 0 Å². The molecular formula is C10H12F2N2O5S. The van der Waals surface area contributed by atoms with E-state index in [4.69, 9.17) is 22.1 Å². The molecule has 0 spiro atoms. The van der Waals surface area contributed by atoms with Crippen LogP contribution < -0.4 is 5.56 Å². The number of aromatic amines is 1. The van der Waals surface area contributed by atoms with Crippen LogP contribution in [0.3, 0.4) is 0 Å². The van der Waals surface area contributed by atoms with Gasteiger partial charge in [0.15, 0.2) is 11.0 Å². The number of nitrogens with one attached hydrogen (secondary N) is 1. The molecular weight excluding hydrogens is 298 g/mol. The third-order valence-corrected chi connectivity index (χ3v) is 3.47. The summed E-state index contributed by atoms with van der Waals surface area (Å²) in [5.74, 6) is -4.16. The standard InChI is InChI=1S/C10H12F2N2O5S/c1-9(18)6(17)10(12,3-15)19-7(9)14-2-4(11)5(16)13-8(14)20/h2,6-7,15,17-18H,3H2,1H3,(H,13,16,20)/t6?,7-,9-,10-/m1/s1. The fraction of sp³-hybridized carbons (Fsp3) is 0.600. The van der Waals surface area contributed by atoms with E-state index in [9.17, 15) is 23.8 Å². The number of aliphatic hydroxyl groups excluding tert-OH is 2. The number of hydrogen-bond acceptors (Lipinski definition) is 6. The van der Waals surface area contributed by atoms with Gasteiger partial charge in [-0.3, -0.25) is 14.3 Å². The summed E-state index contributed by atoms with van der Waals surface area (Å²) < 4.78 is 32.6. The molecule has 112 valence electrons. The normalized spacial score (nSPS) is 37.3. The van der Waals surface area contributed by atoms with E-state index < -0.39 is 41.8 Å². The number of rotatable bonds is 2. The Morgan fingerprint density at radius 1 is 1.65 bits per heavy atom. The first-order valence-corrected chi connectivity index (χ1v) is 5.93. The predicted molar refractivity (Wildman–Crippen MR) is 63.5 cm³/mol. The van der Waals surface area contributed by atoms with E-state index >= 15 is 0 Å². The third-order valence-electron chi connectivity index (χ3n) is 3.16. The lowest BCUT2D eigenvalue weighted by Crippen LogP contribution is -2.48. The maximum absolute atomic E-state index is 14.1. The topological polar surface area (TPSA) is 108 Å². The second kappa shape index (κ2) is 4.67. The lowest BCUT2D eigenvalue weighted by molar-refractivity contribution is -0.207. The monoisotopic (exact) mass is 310 g/mol. The molecule has 1 aromatic rings. The van der Waals surface area contributed by atoms with Gasteiger partial charge < -0.3 is 20.1 Å². The highest BCUT2D eigenvalue weighted by Gasteiger charge is 2.62. The fourth-order valence-corrected chi connectivity index (χ4v) is 2.28. The highest BCUT2D eigenvalue weighted by atomic mass is 32.1. The minimum Gasteiger partial charge on any atom is -0.390 e. The van der Waals surface area contributed by atoms with Gasteiger partial charge in [-0.25, -0.2) is 4.39 Å². The molecule has 10 heteroatoms. The first-order chi connectivity index (χ1) is 9.13. The van der Waals surface area contributed by atoms with Gasteiger partial charge in [-0.1, -0.05) is 0 Å². The molecule has 0 amide bonds. The molecule has 1 saturated heterocycles. The van der Waals surface area contributed by atoms with Crippen molar-refractivity contribution < 1.29 is 28.8 Å². The number of halogens is 2. The van der Waals surface area contributed by atoms with Gasteiger partial charge >= 0.3 is 0 Å². The Bertz CT molecular complexity index is 645. The Hall–Kier alpha value is -1.20. The number of hydrogen-bond donors (Lipinski definition) is 4. The van der Waals surface area contributed by atoms with Gasteiger partial charge in [0.2, 0.25) is 5.82 Å². The van der Waals surface area contributed by atoms with Gasteiger partial charge in [0.25, 0.3) is 11.4 Å². The molecule has 4 N–H and O–H groups in total. The minimum absolute atomic E-state index is 0.337. The first kappa shape index (κ1) is 15.2. The van der Waals surface area contributed by atoms with Gasteiger partial charge in [-0.15, -0.1) is 0 Å². The molecule has 1 unspecified atom stereocenters. The summed E-state index contributed by atoms with van der Waals surface area (Å²) in [7, 11) is 0. The van der Waals surface area contributed by atoms with E-state index in [1.54, 1.807) is 0 Å². The Kier molecular flexibility index (Phi) is 3.55. The zero-order valence-electron chi connectivity index (χ0n) is 10.2. The third kappa shape index (κ3) is 2.09. The summed E-state index contributed by atoms with van der Waals surface area (Å²) in [5.41, 5.74) is -3.29. The number of H-pyrrole nitrogens is 1. The number of alkyl halides is 1. The molecule has 0 bridgehead atoms. The molecule has 20 heavy (non-hydrogen) atoms. The lowest BCUT2D eigenvalue weighted by atomic mass is 9.95. The SMILES string of the molecule is C[C@@]1(O)C(O)[C@@](F)(CO)O[C@H]1n1cc(F)c(=O)[nH]c1=S. The molecule has 1 aromatic heterocycles. The second-order valence-electron chi connectivity index (χ2n) is 4.69. The Labute approximate surface area is 116 Å². The van der Waals surface area contributed by atoms with Crippen molar-refractivity contribution in [3.63, 3.8) is 0 Å². The van der Waals surface area contributed by atoms with E-state index in [1.807, 2.05) is 4.98 Å². The van der Waals surface area contributed by atoms with E-state index in [-0.39, 0.29) is 4.77 Å². The maximum Gasteiger partial charge on any atom is 0.287 e. The molecule has 7 nitrogen and oxygen atoms in total. The zero-order valence-corrected chi connectivity index (χ0v) is 11.0. The minimum atomic E-state index is -2.93. The largest absolute Gasteiger partial charge is 0.390 e. The number of ether oxygens (including phenoxy) is 1. The van der Waals surface area contributed by atoms with Crippen LogP contribution in [0.5, 0.6) is 0 Å². The van der Waals surface area contributed by atoms with E-state index in [2.05, 4.69) is 0 Å². The molecule has 1 aliphatic heterocycles. The van der Waals surface area contributed by atoms with Crippen molar-refractivity contribution in [2.45, 2.75) is 30.7 Å². The van der Waals surface area contributed by atoms with Crippen LogP contribution in [0, 0.1) is 10.6 Å². The number of aliphatic hydroxyl groups is 3. The van der Waals surface area contributed by atoms with Crippen molar-refractivity contribution in [3.8, 4) is 0 Å². The lowest BCUT2D eigenvalue weighted by Gasteiger charge is -2.27. The van der Waals surface area contributed by atoms with E-state index in [0.29, 0.717) is 6.20 Å². The van der Waals surface area contributed by atoms with Crippen LogP contribution in [0.25, 0.3) is 0 Å². The molecule has 0 aliphatic carbocycles. The molecule has 0 saturated carbocycles.